The van der Waals surface area contributed by atoms with Crippen LogP contribution in [0.3, 0.4) is 0 Å². The van der Waals surface area contributed by atoms with Crippen LogP contribution in [0.25, 0.3) is 0 Å². The van der Waals surface area contributed by atoms with E-state index in [1.165, 1.54) is 7.11 Å². The van der Waals surface area contributed by atoms with Gasteiger partial charge in [0.15, 0.2) is 0 Å². The number of nitrogens with one attached hydrogen (secondary N) is 1. The zero-order chi connectivity index (χ0) is 15.1. The lowest BCUT2D eigenvalue weighted by Gasteiger charge is -2.16. The van der Waals surface area contributed by atoms with Crippen LogP contribution in [-0.4, -0.2) is 39.1 Å². The average Bonchev–Trinajstić information content (AvgIpc) is 2.46. The maximum Gasteiger partial charge on any atom is 0.307 e. The molecule has 0 aliphatic rings. The van der Waals surface area contributed by atoms with E-state index in [1.807, 2.05) is 38.1 Å². The van der Waals surface area contributed by atoms with Crippen molar-refractivity contribution in [1.82, 2.24) is 5.32 Å². The summed E-state index contributed by atoms with van der Waals surface area (Å²) < 4.78 is 4.62. The predicted molar refractivity (Wildman–Crippen MR) is 78.9 cm³/mol. The van der Waals surface area contributed by atoms with Crippen molar-refractivity contribution in [1.29, 1.82) is 0 Å². The summed E-state index contributed by atoms with van der Waals surface area (Å²) in [5, 5.41) is 2.84. The molecule has 0 fully saturated rings. The van der Waals surface area contributed by atoms with Gasteiger partial charge in [0.05, 0.1) is 13.5 Å². The van der Waals surface area contributed by atoms with Crippen LogP contribution in [0, 0.1) is 0 Å². The van der Waals surface area contributed by atoms with Crippen LogP contribution < -0.4 is 10.2 Å². The van der Waals surface area contributed by atoms with Crippen molar-refractivity contribution in [2.24, 2.45) is 0 Å². The normalized spacial score (nSPS) is 11.6. The standard InChI is InChI=1S/C15H22N2O3/c1-5-12(10-14(18)20-4)16-15(19)11-6-8-13(9-7-11)17(2)3/h6-9,12H,5,10H2,1-4H3,(H,16,19). The number of rotatable bonds is 6. The van der Waals surface area contributed by atoms with E-state index >= 15 is 0 Å². The van der Waals surface area contributed by atoms with E-state index in [9.17, 15) is 9.59 Å². The van der Waals surface area contributed by atoms with Crippen LogP contribution >= 0.6 is 0 Å². The second-order valence-electron chi connectivity index (χ2n) is 4.80. The Balaban J connectivity index is 2.67. The molecule has 1 unspecified atom stereocenters. The number of hydrogen-bond acceptors (Lipinski definition) is 4. The lowest BCUT2D eigenvalue weighted by Crippen LogP contribution is -2.36. The van der Waals surface area contributed by atoms with Crippen LogP contribution in [-0.2, 0) is 9.53 Å². The second kappa shape index (κ2) is 7.53. The van der Waals surface area contributed by atoms with Crippen LogP contribution in [0.2, 0.25) is 0 Å². The van der Waals surface area contributed by atoms with Crippen molar-refractivity contribution in [3.05, 3.63) is 29.8 Å². The molecule has 1 N–H and O–H groups in total. The van der Waals surface area contributed by atoms with Crippen LogP contribution in [0.15, 0.2) is 24.3 Å². The van der Waals surface area contributed by atoms with Gasteiger partial charge >= 0.3 is 5.97 Å². The molecule has 5 nitrogen and oxygen atoms in total. The molecule has 0 bridgehead atoms. The maximum absolute atomic E-state index is 12.1. The van der Waals surface area contributed by atoms with Crippen LogP contribution in [0.4, 0.5) is 5.69 Å². The molecule has 0 aliphatic heterocycles. The first-order valence-electron chi connectivity index (χ1n) is 6.63. The summed E-state index contributed by atoms with van der Waals surface area (Å²) in [6.45, 7) is 1.92. The number of nitrogens with zero attached hydrogens (tertiary/aromatic N) is 1. The highest BCUT2D eigenvalue weighted by Crippen LogP contribution is 2.12. The Morgan fingerprint density at radius 1 is 1.25 bits per heavy atom. The third-order valence-corrected chi connectivity index (χ3v) is 3.11. The van der Waals surface area contributed by atoms with E-state index in [0.29, 0.717) is 12.0 Å². The molecule has 1 amide bonds. The smallest absolute Gasteiger partial charge is 0.307 e. The Morgan fingerprint density at radius 2 is 1.85 bits per heavy atom. The molecule has 0 saturated carbocycles. The topological polar surface area (TPSA) is 58.6 Å². The molecule has 1 aromatic carbocycles. The molecule has 1 rings (SSSR count). The number of carbonyl (C=O) groups is 2. The Kier molecular flexibility index (Phi) is 6.03. The van der Waals surface area contributed by atoms with E-state index in [2.05, 4.69) is 10.1 Å². The van der Waals surface area contributed by atoms with Crippen molar-refractivity contribution >= 4 is 17.6 Å². The molecule has 0 aromatic heterocycles. The lowest BCUT2D eigenvalue weighted by molar-refractivity contribution is -0.141. The van der Waals surface area contributed by atoms with Gasteiger partial charge in [0.2, 0.25) is 0 Å². The average molecular weight is 278 g/mol. The molecule has 0 radical (unpaired) electrons. The number of benzene rings is 1. The molecule has 20 heavy (non-hydrogen) atoms. The van der Waals surface area contributed by atoms with Gasteiger partial charge in [-0.3, -0.25) is 9.59 Å². The first-order valence-corrected chi connectivity index (χ1v) is 6.63. The summed E-state index contributed by atoms with van der Waals surface area (Å²) in [6, 6.07) is 7.11. The minimum atomic E-state index is -0.319. The van der Waals surface area contributed by atoms with Gasteiger partial charge in [-0.05, 0) is 30.7 Å². The van der Waals surface area contributed by atoms with E-state index in [4.69, 9.17) is 0 Å². The maximum atomic E-state index is 12.1. The highest BCUT2D eigenvalue weighted by molar-refractivity contribution is 5.95. The monoisotopic (exact) mass is 278 g/mol. The quantitative estimate of drug-likeness (QED) is 0.806. The third kappa shape index (κ3) is 4.57. The van der Waals surface area contributed by atoms with Gasteiger partial charge in [0, 0.05) is 31.4 Å². The molecule has 1 atom stereocenters. The first kappa shape index (κ1) is 16.0. The second-order valence-corrected chi connectivity index (χ2v) is 4.80. The van der Waals surface area contributed by atoms with Gasteiger partial charge < -0.3 is 15.0 Å². The van der Waals surface area contributed by atoms with Crippen molar-refractivity contribution in [2.45, 2.75) is 25.8 Å². The number of esters is 1. The van der Waals surface area contributed by atoms with Crippen molar-refractivity contribution in [3.63, 3.8) is 0 Å². The van der Waals surface area contributed by atoms with E-state index in [0.717, 1.165) is 5.69 Å². The number of ether oxygens (including phenoxy) is 1. The molecule has 0 spiro atoms. The minimum absolute atomic E-state index is 0.175. The summed E-state index contributed by atoms with van der Waals surface area (Å²) >= 11 is 0. The number of methoxy groups -OCH3 is 1. The Bertz CT molecular complexity index is 455. The summed E-state index contributed by atoms with van der Waals surface area (Å²) in [6.07, 6.45) is 0.866. The largest absolute Gasteiger partial charge is 0.469 e. The van der Waals surface area contributed by atoms with Crippen molar-refractivity contribution in [3.8, 4) is 0 Å². The first-order chi connectivity index (χ1) is 9.47. The molecule has 110 valence electrons. The molecule has 0 saturated heterocycles. The molecule has 0 aliphatic carbocycles. The number of anilines is 1. The summed E-state index contributed by atoms with van der Waals surface area (Å²) in [5.41, 5.74) is 1.61. The van der Waals surface area contributed by atoms with Gasteiger partial charge in [-0.25, -0.2) is 0 Å². The molecule has 1 aromatic rings. The molecule has 5 heteroatoms. The Labute approximate surface area is 119 Å². The fourth-order valence-electron chi connectivity index (χ4n) is 1.76. The van der Waals surface area contributed by atoms with Gasteiger partial charge in [-0.2, -0.15) is 0 Å². The molecular weight excluding hydrogens is 256 g/mol. The zero-order valence-electron chi connectivity index (χ0n) is 12.5. The van der Waals surface area contributed by atoms with Crippen molar-refractivity contribution < 1.29 is 14.3 Å². The van der Waals surface area contributed by atoms with Gasteiger partial charge in [0.25, 0.3) is 5.91 Å². The van der Waals surface area contributed by atoms with E-state index in [-0.39, 0.29) is 24.3 Å². The molecule has 0 heterocycles. The van der Waals surface area contributed by atoms with Crippen LogP contribution in [0.5, 0.6) is 0 Å². The minimum Gasteiger partial charge on any atom is -0.469 e. The summed E-state index contributed by atoms with van der Waals surface area (Å²) in [4.78, 5) is 25.3. The van der Waals surface area contributed by atoms with E-state index in [1.54, 1.807) is 12.1 Å². The van der Waals surface area contributed by atoms with Crippen molar-refractivity contribution in [2.75, 3.05) is 26.1 Å². The highest BCUT2D eigenvalue weighted by atomic mass is 16.5. The molecular formula is C15H22N2O3. The summed E-state index contributed by atoms with van der Waals surface area (Å²) in [7, 11) is 5.23. The predicted octanol–water partition coefficient (Wildman–Crippen LogP) is 1.82. The fourth-order valence-corrected chi connectivity index (χ4v) is 1.76. The van der Waals surface area contributed by atoms with Gasteiger partial charge in [-0.15, -0.1) is 0 Å². The van der Waals surface area contributed by atoms with E-state index < -0.39 is 0 Å². The van der Waals surface area contributed by atoms with Gasteiger partial charge in [0.1, 0.15) is 0 Å². The third-order valence-electron chi connectivity index (χ3n) is 3.11. The fraction of sp³-hybridized carbons (Fsp3) is 0.467. The summed E-state index contributed by atoms with van der Waals surface area (Å²) in [5.74, 6) is -0.494. The number of hydrogen-bond donors (Lipinski definition) is 1. The van der Waals surface area contributed by atoms with Crippen LogP contribution in [0.1, 0.15) is 30.1 Å². The highest BCUT2D eigenvalue weighted by Gasteiger charge is 2.16. The lowest BCUT2D eigenvalue weighted by atomic mass is 10.1. The zero-order valence-corrected chi connectivity index (χ0v) is 12.5. The number of carbonyl (C=O) groups excluding carboxylic acids is 2. The van der Waals surface area contributed by atoms with Gasteiger partial charge in [-0.1, -0.05) is 6.92 Å². The Hall–Kier alpha value is -2.04. The number of amides is 1. The SMILES string of the molecule is CCC(CC(=O)OC)NC(=O)c1ccc(N(C)C)cc1. The Morgan fingerprint density at radius 3 is 2.30 bits per heavy atom.